The van der Waals surface area contributed by atoms with Gasteiger partial charge in [-0.2, -0.15) is 10.5 Å². The molecule has 0 N–H and O–H groups in total. The third-order valence-electron chi connectivity index (χ3n) is 6.19. The molecule has 4 heteroatoms. The van der Waals surface area contributed by atoms with Gasteiger partial charge in [-0.05, 0) is 36.5 Å². The molecule has 0 spiro atoms. The van der Waals surface area contributed by atoms with Gasteiger partial charge in [0.05, 0.1) is 16.6 Å². The molecular formula is C21H18N2O2. The number of hydrogen-bond acceptors (Lipinski definition) is 4. The Morgan fingerprint density at radius 2 is 1.76 bits per heavy atom. The number of fused-ring (bicyclic) bond motifs is 3. The van der Waals surface area contributed by atoms with E-state index in [1.54, 1.807) is 12.2 Å². The van der Waals surface area contributed by atoms with Crippen molar-refractivity contribution in [3.05, 3.63) is 34.9 Å². The van der Waals surface area contributed by atoms with E-state index in [1.165, 1.54) is 6.08 Å². The van der Waals surface area contributed by atoms with Gasteiger partial charge in [0.1, 0.15) is 12.1 Å². The molecule has 1 saturated carbocycles. The monoisotopic (exact) mass is 330 g/mol. The van der Waals surface area contributed by atoms with Crippen molar-refractivity contribution in [2.45, 2.75) is 33.6 Å². The molecule has 0 aromatic rings. The highest BCUT2D eigenvalue weighted by Crippen LogP contribution is 2.63. The number of carbonyl (C=O) groups excluding carboxylic acids is 2. The summed E-state index contributed by atoms with van der Waals surface area (Å²) in [6.45, 7) is 5.65. The molecule has 0 unspecified atom stereocenters. The van der Waals surface area contributed by atoms with E-state index in [2.05, 4.69) is 5.92 Å². The van der Waals surface area contributed by atoms with Crippen LogP contribution in [0.25, 0.3) is 0 Å². The SMILES string of the molecule is C#C[C@@]12C=C(C#N)C(=O)C=C1[C@@]1(C)C=C(C#N)C(=O)C(C)(C)[C@H]1CC2. The van der Waals surface area contributed by atoms with E-state index in [1.807, 2.05) is 32.9 Å². The summed E-state index contributed by atoms with van der Waals surface area (Å²) in [7, 11) is 0. The smallest absolute Gasteiger partial charge is 0.196 e. The third-order valence-corrected chi connectivity index (χ3v) is 6.19. The van der Waals surface area contributed by atoms with Gasteiger partial charge in [-0.15, -0.1) is 6.42 Å². The lowest BCUT2D eigenvalue weighted by Crippen LogP contribution is -2.53. The van der Waals surface area contributed by atoms with Gasteiger partial charge >= 0.3 is 0 Å². The lowest BCUT2D eigenvalue weighted by Gasteiger charge is -2.56. The van der Waals surface area contributed by atoms with Crippen molar-refractivity contribution in [1.82, 2.24) is 0 Å². The first-order valence-corrected chi connectivity index (χ1v) is 8.22. The Labute approximate surface area is 147 Å². The Balaban J connectivity index is 2.31. The average Bonchev–Trinajstić information content (AvgIpc) is 2.58. The van der Waals surface area contributed by atoms with Crippen LogP contribution in [0.2, 0.25) is 0 Å². The zero-order valence-corrected chi connectivity index (χ0v) is 14.5. The van der Waals surface area contributed by atoms with Crippen molar-refractivity contribution in [2.24, 2.45) is 22.2 Å². The first kappa shape index (κ1) is 16.9. The predicted octanol–water partition coefficient (Wildman–Crippen LogP) is 3.04. The number of ketones is 2. The van der Waals surface area contributed by atoms with Crippen LogP contribution in [-0.4, -0.2) is 11.6 Å². The van der Waals surface area contributed by atoms with E-state index in [9.17, 15) is 20.1 Å². The molecule has 25 heavy (non-hydrogen) atoms. The zero-order chi connectivity index (χ0) is 18.6. The van der Waals surface area contributed by atoms with E-state index in [4.69, 9.17) is 6.42 Å². The second kappa shape index (κ2) is 5.05. The highest BCUT2D eigenvalue weighted by Gasteiger charge is 2.59. The molecule has 0 radical (unpaired) electrons. The van der Waals surface area contributed by atoms with Gasteiger partial charge in [0.2, 0.25) is 0 Å². The highest BCUT2D eigenvalue weighted by molar-refractivity contribution is 6.09. The fourth-order valence-electron chi connectivity index (χ4n) is 4.96. The lowest BCUT2D eigenvalue weighted by molar-refractivity contribution is -0.130. The normalized spacial score (nSPS) is 35.7. The number of terminal acetylenes is 1. The molecule has 0 aromatic carbocycles. The van der Waals surface area contributed by atoms with E-state index in [-0.39, 0.29) is 28.6 Å². The van der Waals surface area contributed by atoms with E-state index in [0.717, 1.165) is 5.57 Å². The fraction of sp³-hybridized carbons (Fsp3) is 0.429. The first-order chi connectivity index (χ1) is 11.7. The summed E-state index contributed by atoms with van der Waals surface area (Å²) in [6, 6.07) is 3.93. The van der Waals surface area contributed by atoms with Gasteiger partial charge in [-0.1, -0.05) is 32.8 Å². The molecule has 0 heterocycles. The number of nitriles is 2. The summed E-state index contributed by atoms with van der Waals surface area (Å²) in [5.74, 6) is 2.19. The molecule has 3 rings (SSSR count). The van der Waals surface area contributed by atoms with E-state index < -0.39 is 16.2 Å². The molecule has 0 amide bonds. The van der Waals surface area contributed by atoms with Crippen molar-refractivity contribution in [3.8, 4) is 24.5 Å². The van der Waals surface area contributed by atoms with Gasteiger partial charge in [0.25, 0.3) is 0 Å². The predicted molar refractivity (Wildman–Crippen MR) is 91.4 cm³/mol. The third kappa shape index (κ3) is 2.00. The van der Waals surface area contributed by atoms with Crippen LogP contribution in [0.5, 0.6) is 0 Å². The Morgan fingerprint density at radius 1 is 1.12 bits per heavy atom. The van der Waals surface area contributed by atoms with Crippen molar-refractivity contribution in [3.63, 3.8) is 0 Å². The quantitative estimate of drug-likeness (QED) is 0.639. The maximum Gasteiger partial charge on any atom is 0.196 e. The molecule has 3 aliphatic carbocycles. The topological polar surface area (TPSA) is 81.7 Å². The standard InChI is InChI=1S/C21H18N2O2/c1-5-21-7-6-16-19(2,3)18(25)14(12-23)9-20(16,4)17(21)8-15(24)13(10-21)11-22/h1,8-10,16H,6-7H2,2-4H3/t16-,20+,21-/m1/s1. The van der Waals surface area contributed by atoms with Crippen LogP contribution in [-0.2, 0) is 9.59 Å². The summed E-state index contributed by atoms with van der Waals surface area (Å²) >= 11 is 0. The minimum atomic E-state index is -0.822. The molecule has 3 aliphatic rings. The second-order valence-corrected chi connectivity index (χ2v) is 7.80. The van der Waals surface area contributed by atoms with Gasteiger partial charge in [-0.25, -0.2) is 0 Å². The second-order valence-electron chi connectivity index (χ2n) is 7.80. The summed E-state index contributed by atoms with van der Waals surface area (Å²) in [5.41, 5.74) is -1.34. The van der Waals surface area contributed by atoms with Crippen molar-refractivity contribution < 1.29 is 9.59 Å². The van der Waals surface area contributed by atoms with Crippen molar-refractivity contribution in [2.75, 3.05) is 0 Å². The largest absolute Gasteiger partial charge is 0.293 e. The lowest BCUT2D eigenvalue weighted by atomic mass is 9.45. The van der Waals surface area contributed by atoms with E-state index in [0.29, 0.717) is 12.8 Å². The fourth-order valence-corrected chi connectivity index (χ4v) is 4.96. The molecule has 0 aromatic heterocycles. The van der Waals surface area contributed by atoms with Crippen LogP contribution < -0.4 is 0 Å². The Kier molecular flexibility index (Phi) is 3.42. The minimum Gasteiger partial charge on any atom is -0.293 e. The number of allylic oxidation sites excluding steroid dienone is 6. The molecule has 124 valence electrons. The molecule has 1 fully saturated rings. The van der Waals surface area contributed by atoms with Gasteiger partial charge in [0, 0.05) is 10.8 Å². The molecule has 4 nitrogen and oxygen atoms in total. The molecule has 0 bridgehead atoms. The number of carbonyl (C=O) groups is 2. The first-order valence-electron chi connectivity index (χ1n) is 8.22. The van der Waals surface area contributed by atoms with Crippen LogP contribution in [0.1, 0.15) is 33.6 Å². The summed E-state index contributed by atoms with van der Waals surface area (Å²) in [5, 5.41) is 18.6. The maximum atomic E-state index is 12.7. The van der Waals surface area contributed by atoms with Gasteiger partial charge in [0.15, 0.2) is 11.6 Å². The zero-order valence-electron chi connectivity index (χ0n) is 14.5. The van der Waals surface area contributed by atoms with Crippen LogP contribution >= 0.6 is 0 Å². The van der Waals surface area contributed by atoms with Crippen LogP contribution in [0.4, 0.5) is 0 Å². The Bertz CT molecular complexity index is 926. The number of Topliss-reactive ketones (excluding diaryl/α,β-unsaturated/α-hetero) is 1. The number of hydrogen-bond donors (Lipinski definition) is 0. The Morgan fingerprint density at radius 3 is 2.32 bits per heavy atom. The number of nitrogens with zero attached hydrogens (tertiary/aromatic N) is 2. The van der Waals surface area contributed by atoms with E-state index >= 15 is 0 Å². The maximum absolute atomic E-state index is 12.7. The summed E-state index contributed by atoms with van der Waals surface area (Å²) < 4.78 is 0. The Hall–Kier alpha value is -2.90. The van der Waals surface area contributed by atoms with Crippen molar-refractivity contribution in [1.29, 1.82) is 10.5 Å². The van der Waals surface area contributed by atoms with Crippen LogP contribution in [0.3, 0.4) is 0 Å². The minimum absolute atomic E-state index is 0.0550. The summed E-state index contributed by atoms with van der Waals surface area (Å²) in [6.07, 6.45) is 11.8. The molecular weight excluding hydrogens is 312 g/mol. The highest BCUT2D eigenvalue weighted by atomic mass is 16.1. The number of rotatable bonds is 0. The van der Waals surface area contributed by atoms with Crippen molar-refractivity contribution >= 4 is 11.6 Å². The average molecular weight is 330 g/mol. The molecule has 0 aliphatic heterocycles. The molecule has 0 saturated heterocycles. The van der Waals surface area contributed by atoms with Crippen LogP contribution in [0.15, 0.2) is 34.9 Å². The van der Waals surface area contributed by atoms with Gasteiger partial charge in [-0.3, -0.25) is 9.59 Å². The van der Waals surface area contributed by atoms with Gasteiger partial charge < -0.3 is 0 Å². The molecule has 3 atom stereocenters. The van der Waals surface area contributed by atoms with Crippen LogP contribution in [0, 0.1) is 57.2 Å². The summed E-state index contributed by atoms with van der Waals surface area (Å²) in [4.78, 5) is 25.0.